The van der Waals surface area contributed by atoms with Crippen LogP contribution in [0.5, 0.6) is 0 Å². The lowest BCUT2D eigenvalue weighted by atomic mass is 9.95. The predicted molar refractivity (Wildman–Crippen MR) is 99.1 cm³/mol. The van der Waals surface area contributed by atoms with Crippen molar-refractivity contribution in [3.05, 3.63) is 51.9 Å². The predicted octanol–water partition coefficient (Wildman–Crippen LogP) is 2.84. The molecular formula is C19H24N3O2S+. The molecule has 0 aliphatic heterocycles. The van der Waals surface area contributed by atoms with Crippen LogP contribution >= 0.6 is 11.3 Å². The minimum absolute atomic E-state index is 0.226. The number of nitrogen functional groups attached to an aromatic ring is 1. The normalized spacial score (nSPS) is 12.0. The Bertz CT molecular complexity index is 763. The fourth-order valence-corrected chi connectivity index (χ4v) is 3.82. The number of benzene rings is 1. The first-order chi connectivity index (χ1) is 12.0. The van der Waals surface area contributed by atoms with E-state index in [1.54, 1.807) is 6.92 Å². The van der Waals surface area contributed by atoms with E-state index in [9.17, 15) is 10.1 Å². The lowest BCUT2D eigenvalue weighted by Gasteiger charge is -2.20. The first-order valence-electron chi connectivity index (χ1n) is 8.36. The minimum atomic E-state index is -0.412. The third kappa shape index (κ3) is 4.38. The standard InChI is InChI=1S/C19H23N3O2S/c1-4-24-19(23)17-15(14(10-20)18(21)25-17)11-22-16(12(2)3)13-8-6-5-7-9-13/h5-9,12,16,22H,4,11,21H2,1-3H3/p+1/t16-/m0/s1. The fraction of sp³-hybridized carbons (Fsp3) is 0.368. The van der Waals surface area contributed by atoms with Gasteiger partial charge in [-0.3, -0.25) is 0 Å². The summed E-state index contributed by atoms with van der Waals surface area (Å²) in [6.07, 6.45) is 0. The van der Waals surface area contributed by atoms with Crippen molar-refractivity contribution in [3.63, 3.8) is 0 Å². The highest BCUT2D eigenvalue weighted by molar-refractivity contribution is 7.18. The molecule has 1 aromatic heterocycles. The highest BCUT2D eigenvalue weighted by atomic mass is 32.1. The minimum Gasteiger partial charge on any atom is -0.462 e. The molecule has 132 valence electrons. The number of nitriles is 1. The van der Waals surface area contributed by atoms with E-state index in [4.69, 9.17) is 10.5 Å². The third-order valence-electron chi connectivity index (χ3n) is 4.09. The Kier molecular flexibility index (Phi) is 6.57. The summed E-state index contributed by atoms with van der Waals surface area (Å²) in [6, 6.07) is 12.6. The number of anilines is 1. The largest absolute Gasteiger partial charge is 0.462 e. The molecule has 5 nitrogen and oxygen atoms in total. The zero-order valence-electron chi connectivity index (χ0n) is 14.8. The van der Waals surface area contributed by atoms with Crippen LogP contribution in [0.2, 0.25) is 0 Å². The summed E-state index contributed by atoms with van der Waals surface area (Å²) >= 11 is 1.13. The smallest absolute Gasteiger partial charge is 0.348 e. The van der Waals surface area contributed by atoms with E-state index in [0.29, 0.717) is 40.1 Å². The maximum atomic E-state index is 12.2. The number of thiophene rings is 1. The van der Waals surface area contributed by atoms with Gasteiger partial charge >= 0.3 is 5.97 Å². The number of ether oxygens (including phenoxy) is 1. The van der Waals surface area contributed by atoms with Crippen LogP contribution in [0.1, 0.15) is 53.2 Å². The van der Waals surface area contributed by atoms with Crippen molar-refractivity contribution in [2.75, 3.05) is 12.3 Å². The molecule has 1 aromatic carbocycles. The van der Waals surface area contributed by atoms with Crippen LogP contribution in [0.4, 0.5) is 5.00 Å². The molecule has 0 aliphatic rings. The SMILES string of the molecule is CCOC(=O)c1sc(N)c(C#N)c1C[NH2+][C@H](c1ccccc1)C(C)C. The lowest BCUT2D eigenvalue weighted by Crippen LogP contribution is -2.84. The molecule has 0 fully saturated rings. The Balaban J connectivity index is 2.29. The van der Waals surface area contributed by atoms with Gasteiger partial charge in [0.1, 0.15) is 28.5 Å². The number of hydrogen-bond donors (Lipinski definition) is 2. The van der Waals surface area contributed by atoms with Gasteiger partial charge in [0.2, 0.25) is 0 Å². The van der Waals surface area contributed by atoms with Crippen molar-refractivity contribution < 1.29 is 14.8 Å². The second-order valence-electron chi connectivity index (χ2n) is 6.10. The van der Waals surface area contributed by atoms with Gasteiger partial charge in [0.25, 0.3) is 0 Å². The van der Waals surface area contributed by atoms with Gasteiger partial charge in [-0.2, -0.15) is 5.26 Å². The summed E-state index contributed by atoms with van der Waals surface area (Å²) < 4.78 is 5.11. The number of hydrogen-bond acceptors (Lipinski definition) is 5. The Hall–Kier alpha value is -2.36. The molecule has 1 atom stereocenters. The van der Waals surface area contributed by atoms with E-state index >= 15 is 0 Å². The molecule has 0 saturated heterocycles. The maximum absolute atomic E-state index is 12.2. The van der Waals surface area contributed by atoms with Crippen LogP contribution in [0.25, 0.3) is 0 Å². The maximum Gasteiger partial charge on any atom is 0.348 e. The number of carbonyl (C=O) groups is 1. The summed E-state index contributed by atoms with van der Waals surface area (Å²) in [6.45, 7) is 6.88. The molecule has 6 heteroatoms. The molecule has 2 rings (SSSR count). The van der Waals surface area contributed by atoms with Gasteiger partial charge < -0.3 is 15.8 Å². The van der Waals surface area contributed by atoms with Gasteiger partial charge in [-0.25, -0.2) is 4.79 Å². The lowest BCUT2D eigenvalue weighted by molar-refractivity contribution is -0.717. The zero-order chi connectivity index (χ0) is 18.4. The molecule has 0 unspecified atom stereocenters. The van der Waals surface area contributed by atoms with Crippen molar-refractivity contribution in [3.8, 4) is 6.07 Å². The molecule has 0 amide bonds. The molecular weight excluding hydrogens is 334 g/mol. The molecule has 4 N–H and O–H groups in total. The highest BCUT2D eigenvalue weighted by Gasteiger charge is 2.26. The van der Waals surface area contributed by atoms with Gasteiger partial charge in [0.05, 0.1) is 17.7 Å². The van der Waals surface area contributed by atoms with E-state index in [1.807, 2.05) is 18.2 Å². The monoisotopic (exact) mass is 358 g/mol. The van der Waals surface area contributed by atoms with Crippen molar-refractivity contribution in [2.45, 2.75) is 33.4 Å². The van der Waals surface area contributed by atoms with Crippen LogP contribution in [-0.2, 0) is 11.3 Å². The summed E-state index contributed by atoms with van der Waals surface area (Å²) in [4.78, 5) is 12.6. The zero-order valence-corrected chi connectivity index (χ0v) is 15.6. The van der Waals surface area contributed by atoms with Crippen LogP contribution in [-0.4, -0.2) is 12.6 Å². The van der Waals surface area contributed by atoms with Crippen molar-refractivity contribution in [1.29, 1.82) is 5.26 Å². The summed E-state index contributed by atoms with van der Waals surface area (Å²) in [5.41, 5.74) is 8.22. The molecule has 0 radical (unpaired) electrons. The number of nitrogens with two attached hydrogens (primary N) is 2. The van der Waals surface area contributed by atoms with Crippen LogP contribution in [0, 0.1) is 17.2 Å². The Morgan fingerprint density at radius 3 is 2.60 bits per heavy atom. The van der Waals surface area contributed by atoms with E-state index in [1.165, 1.54) is 5.56 Å². The second kappa shape index (κ2) is 8.65. The van der Waals surface area contributed by atoms with Crippen LogP contribution in [0.15, 0.2) is 30.3 Å². The van der Waals surface area contributed by atoms with Gasteiger partial charge in [-0.1, -0.05) is 44.2 Å². The van der Waals surface area contributed by atoms with E-state index in [0.717, 1.165) is 11.3 Å². The summed E-state index contributed by atoms with van der Waals surface area (Å²) in [5, 5.41) is 12.0. The summed E-state index contributed by atoms with van der Waals surface area (Å²) in [5.74, 6) is -0.0140. The van der Waals surface area contributed by atoms with E-state index in [-0.39, 0.29) is 6.04 Å². The highest BCUT2D eigenvalue weighted by Crippen LogP contribution is 2.31. The molecule has 0 spiro atoms. The number of rotatable bonds is 7. The first kappa shape index (κ1) is 19.0. The van der Waals surface area contributed by atoms with Gasteiger partial charge in [0.15, 0.2) is 0 Å². The Labute approximate surface area is 152 Å². The number of carbonyl (C=O) groups excluding carboxylic acids is 1. The van der Waals surface area contributed by atoms with Crippen LogP contribution < -0.4 is 11.1 Å². The van der Waals surface area contributed by atoms with Gasteiger partial charge in [-0.15, -0.1) is 11.3 Å². The quantitative estimate of drug-likeness (QED) is 0.744. The Morgan fingerprint density at radius 2 is 2.04 bits per heavy atom. The Morgan fingerprint density at radius 1 is 1.36 bits per heavy atom. The molecule has 1 heterocycles. The molecule has 25 heavy (non-hydrogen) atoms. The number of quaternary nitrogens is 1. The molecule has 2 aromatic rings. The van der Waals surface area contributed by atoms with Crippen molar-refractivity contribution in [1.82, 2.24) is 0 Å². The van der Waals surface area contributed by atoms with Gasteiger partial charge in [0, 0.05) is 11.5 Å². The topological polar surface area (TPSA) is 92.7 Å². The first-order valence-corrected chi connectivity index (χ1v) is 9.17. The summed E-state index contributed by atoms with van der Waals surface area (Å²) in [7, 11) is 0. The van der Waals surface area contributed by atoms with Gasteiger partial charge in [-0.05, 0) is 6.92 Å². The van der Waals surface area contributed by atoms with Crippen molar-refractivity contribution >= 4 is 22.3 Å². The third-order valence-corrected chi connectivity index (χ3v) is 5.13. The number of esters is 1. The number of nitrogens with zero attached hydrogens (tertiary/aromatic N) is 1. The van der Waals surface area contributed by atoms with Crippen molar-refractivity contribution in [2.24, 2.45) is 5.92 Å². The molecule has 0 aliphatic carbocycles. The van der Waals surface area contributed by atoms with E-state index < -0.39 is 5.97 Å². The average molecular weight is 358 g/mol. The average Bonchev–Trinajstić information content (AvgIpc) is 2.91. The van der Waals surface area contributed by atoms with Crippen LogP contribution in [0.3, 0.4) is 0 Å². The molecule has 0 bridgehead atoms. The van der Waals surface area contributed by atoms with E-state index in [2.05, 4.69) is 37.4 Å². The second-order valence-corrected chi connectivity index (χ2v) is 7.15. The molecule has 0 saturated carbocycles. The fourth-order valence-electron chi connectivity index (χ4n) is 2.88.